The van der Waals surface area contributed by atoms with E-state index in [9.17, 15) is 17.9 Å². The van der Waals surface area contributed by atoms with Gasteiger partial charge < -0.3 is 9.84 Å². The second-order valence-corrected chi connectivity index (χ2v) is 9.69. The highest BCUT2D eigenvalue weighted by Gasteiger charge is 2.60. The Kier molecular flexibility index (Phi) is 5.35. The number of rotatable bonds is 5. The molecule has 2 aliphatic rings. The first-order chi connectivity index (χ1) is 13.9. The van der Waals surface area contributed by atoms with Gasteiger partial charge in [-0.2, -0.15) is 0 Å². The molecule has 0 saturated carbocycles. The van der Waals surface area contributed by atoms with E-state index in [1.807, 2.05) is 4.90 Å². The van der Waals surface area contributed by atoms with Gasteiger partial charge in [-0.3, -0.25) is 4.90 Å². The number of hydrogen-bond donors (Lipinski definition) is 1. The van der Waals surface area contributed by atoms with Gasteiger partial charge in [0.05, 0.1) is 16.5 Å². The fourth-order valence-electron chi connectivity index (χ4n) is 4.72. The van der Waals surface area contributed by atoms with E-state index in [2.05, 4.69) is 0 Å². The third-order valence-electron chi connectivity index (χ3n) is 5.98. The molecule has 1 fully saturated rings. The summed E-state index contributed by atoms with van der Waals surface area (Å²) in [6.07, 6.45) is 1.13. The zero-order valence-electron chi connectivity index (χ0n) is 15.9. The summed E-state index contributed by atoms with van der Waals surface area (Å²) in [5.41, 5.74) is -0.216. The molecule has 29 heavy (non-hydrogen) atoms. The van der Waals surface area contributed by atoms with E-state index in [-0.39, 0.29) is 35.8 Å². The van der Waals surface area contributed by atoms with Crippen LogP contribution in [0.5, 0.6) is 5.75 Å². The topological polar surface area (TPSA) is 66.8 Å². The van der Waals surface area contributed by atoms with E-state index in [1.54, 1.807) is 18.2 Å². The summed E-state index contributed by atoms with van der Waals surface area (Å²) in [6.45, 7) is 0.947. The predicted molar refractivity (Wildman–Crippen MR) is 103 cm³/mol. The van der Waals surface area contributed by atoms with E-state index in [0.717, 1.165) is 12.1 Å². The maximum absolute atomic E-state index is 15.1. The molecule has 156 valence electrons. The SMILES string of the molecule is O=S(=O)(c1ccccc1)C12CCCN(CCCO)C1COc1c(F)ccc(F)c12. The standard InChI is InChI=1S/C21H23F2NO4S/c22-16-8-9-17(23)20-19(16)21(29(26,27)15-6-2-1-3-7-15)10-4-11-24(12-5-13-25)18(21)14-28-20/h1-3,6-9,18,25H,4-5,10-14H2. The van der Waals surface area contributed by atoms with Crippen LogP contribution in [0.4, 0.5) is 8.78 Å². The Labute approximate surface area is 168 Å². The van der Waals surface area contributed by atoms with Gasteiger partial charge in [-0.1, -0.05) is 18.2 Å². The summed E-state index contributed by atoms with van der Waals surface area (Å²) >= 11 is 0. The first-order valence-electron chi connectivity index (χ1n) is 9.69. The smallest absolute Gasteiger partial charge is 0.190 e. The minimum atomic E-state index is -4.09. The van der Waals surface area contributed by atoms with Gasteiger partial charge in [0.15, 0.2) is 21.4 Å². The van der Waals surface area contributed by atoms with E-state index in [1.165, 1.54) is 12.1 Å². The molecule has 4 rings (SSSR count). The van der Waals surface area contributed by atoms with Gasteiger partial charge in [-0.25, -0.2) is 17.2 Å². The van der Waals surface area contributed by atoms with Crippen LogP contribution in [-0.2, 0) is 14.6 Å². The van der Waals surface area contributed by atoms with Gasteiger partial charge in [0.25, 0.3) is 0 Å². The number of halogens is 2. The van der Waals surface area contributed by atoms with Crippen molar-refractivity contribution < 1.29 is 27.0 Å². The molecule has 8 heteroatoms. The Hall–Kier alpha value is -2.03. The zero-order valence-corrected chi connectivity index (χ0v) is 16.7. The first kappa shape index (κ1) is 20.3. The third-order valence-corrected chi connectivity index (χ3v) is 8.51. The van der Waals surface area contributed by atoms with Crippen molar-refractivity contribution in [3.05, 3.63) is 59.7 Å². The minimum absolute atomic E-state index is 0.0396. The number of benzene rings is 2. The van der Waals surface area contributed by atoms with Crippen molar-refractivity contribution in [1.29, 1.82) is 0 Å². The van der Waals surface area contributed by atoms with Crippen molar-refractivity contribution in [2.45, 2.75) is 34.9 Å². The van der Waals surface area contributed by atoms with Gasteiger partial charge in [0.1, 0.15) is 17.2 Å². The van der Waals surface area contributed by atoms with Crippen molar-refractivity contribution in [3.63, 3.8) is 0 Å². The van der Waals surface area contributed by atoms with E-state index in [0.29, 0.717) is 25.9 Å². The number of aliphatic hydroxyl groups excluding tert-OH is 1. The zero-order chi connectivity index (χ0) is 20.6. The average molecular weight is 423 g/mol. The number of sulfone groups is 1. The molecule has 0 spiro atoms. The van der Waals surface area contributed by atoms with Gasteiger partial charge in [0.2, 0.25) is 0 Å². The summed E-state index contributed by atoms with van der Waals surface area (Å²) in [5, 5.41) is 9.25. The molecular formula is C21H23F2NO4S. The van der Waals surface area contributed by atoms with Crippen LogP contribution in [0.25, 0.3) is 0 Å². The summed E-state index contributed by atoms with van der Waals surface area (Å²) in [7, 11) is -4.09. The molecule has 2 aromatic carbocycles. The van der Waals surface area contributed by atoms with Crippen LogP contribution >= 0.6 is 0 Å². The fraction of sp³-hybridized carbons (Fsp3) is 0.429. The van der Waals surface area contributed by atoms with Gasteiger partial charge >= 0.3 is 0 Å². The molecule has 2 aromatic rings. The summed E-state index contributed by atoms with van der Waals surface area (Å²) < 4.78 is 61.5. The minimum Gasteiger partial charge on any atom is -0.488 e. The predicted octanol–water partition coefficient (Wildman–Crippen LogP) is 2.87. The molecule has 2 aliphatic heterocycles. The molecule has 1 N–H and O–H groups in total. The lowest BCUT2D eigenvalue weighted by atomic mass is 9.80. The highest BCUT2D eigenvalue weighted by molar-refractivity contribution is 7.92. The molecule has 5 nitrogen and oxygen atoms in total. The maximum Gasteiger partial charge on any atom is 0.190 e. The van der Waals surface area contributed by atoms with Crippen LogP contribution in [0.15, 0.2) is 47.4 Å². The summed E-state index contributed by atoms with van der Waals surface area (Å²) in [6, 6.07) is 9.16. The normalized spacial score (nSPS) is 24.4. The van der Waals surface area contributed by atoms with Crippen molar-refractivity contribution in [2.75, 3.05) is 26.3 Å². The largest absolute Gasteiger partial charge is 0.488 e. The quantitative estimate of drug-likeness (QED) is 0.801. The lowest BCUT2D eigenvalue weighted by Gasteiger charge is -2.52. The van der Waals surface area contributed by atoms with Crippen LogP contribution in [0.3, 0.4) is 0 Å². The van der Waals surface area contributed by atoms with Crippen molar-refractivity contribution >= 4 is 9.84 Å². The van der Waals surface area contributed by atoms with Crippen LogP contribution < -0.4 is 4.74 Å². The monoisotopic (exact) mass is 423 g/mol. The second-order valence-electron chi connectivity index (χ2n) is 7.48. The molecule has 2 heterocycles. The number of ether oxygens (including phenoxy) is 1. The van der Waals surface area contributed by atoms with Crippen LogP contribution in [0.1, 0.15) is 24.8 Å². The Balaban J connectivity index is 1.98. The highest BCUT2D eigenvalue weighted by atomic mass is 32.2. The Morgan fingerprint density at radius 1 is 1.14 bits per heavy atom. The molecule has 0 aliphatic carbocycles. The van der Waals surface area contributed by atoms with Gasteiger partial charge in [-0.05, 0) is 50.1 Å². The fourth-order valence-corrected chi connectivity index (χ4v) is 7.11. The summed E-state index contributed by atoms with van der Waals surface area (Å²) in [5.74, 6) is -1.87. The van der Waals surface area contributed by atoms with E-state index >= 15 is 4.39 Å². The maximum atomic E-state index is 15.1. The van der Waals surface area contributed by atoms with E-state index < -0.39 is 32.3 Å². The lowest BCUT2D eigenvalue weighted by Crippen LogP contribution is -2.63. The first-order valence-corrected chi connectivity index (χ1v) is 11.2. The third kappa shape index (κ3) is 3.05. The Morgan fingerprint density at radius 2 is 1.86 bits per heavy atom. The summed E-state index contributed by atoms with van der Waals surface area (Å²) in [4.78, 5) is 2.00. The van der Waals surface area contributed by atoms with Crippen LogP contribution in [0.2, 0.25) is 0 Å². The number of nitrogens with zero attached hydrogens (tertiary/aromatic N) is 1. The Morgan fingerprint density at radius 3 is 2.59 bits per heavy atom. The van der Waals surface area contributed by atoms with Crippen molar-refractivity contribution in [1.82, 2.24) is 4.90 Å². The van der Waals surface area contributed by atoms with Crippen LogP contribution in [0, 0.1) is 11.6 Å². The number of fused-ring (bicyclic) bond motifs is 3. The number of hydrogen-bond acceptors (Lipinski definition) is 5. The van der Waals surface area contributed by atoms with Gasteiger partial charge in [0, 0.05) is 13.2 Å². The highest BCUT2D eigenvalue weighted by Crippen LogP contribution is 2.53. The number of aliphatic hydroxyl groups is 1. The molecule has 0 aromatic heterocycles. The lowest BCUT2D eigenvalue weighted by molar-refractivity contribution is 0.0401. The van der Waals surface area contributed by atoms with Gasteiger partial charge in [-0.15, -0.1) is 0 Å². The van der Waals surface area contributed by atoms with E-state index in [4.69, 9.17) is 4.74 Å². The molecule has 0 radical (unpaired) electrons. The molecule has 2 unspecified atom stereocenters. The average Bonchev–Trinajstić information content (AvgIpc) is 2.74. The number of piperidine rings is 1. The van der Waals surface area contributed by atoms with Crippen LogP contribution in [-0.4, -0.2) is 50.8 Å². The Bertz CT molecular complexity index is 999. The molecule has 1 saturated heterocycles. The van der Waals surface area contributed by atoms with Crippen molar-refractivity contribution in [2.24, 2.45) is 0 Å². The van der Waals surface area contributed by atoms with Crippen molar-refractivity contribution in [3.8, 4) is 5.75 Å². The second kappa shape index (κ2) is 7.66. The molecular weight excluding hydrogens is 400 g/mol. The molecule has 0 bridgehead atoms. The molecule has 0 amide bonds. The molecule has 2 atom stereocenters. The number of likely N-dealkylation sites (tertiary alicyclic amines) is 1.